The lowest BCUT2D eigenvalue weighted by Gasteiger charge is -2.10. The molecule has 1 aromatic rings. The molecule has 0 fully saturated rings. The van der Waals surface area contributed by atoms with Gasteiger partial charge < -0.3 is 4.74 Å². The molecule has 0 aliphatic heterocycles. The lowest BCUT2D eigenvalue weighted by Crippen LogP contribution is -2.38. The smallest absolute Gasteiger partial charge is 0.325 e. The van der Waals surface area contributed by atoms with Gasteiger partial charge in [0, 0.05) is 0 Å². The maximum absolute atomic E-state index is 11.6. The predicted octanol–water partition coefficient (Wildman–Crippen LogP) is -1.21. The molecule has 0 spiro atoms. The van der Waals surface area contributed by atoms with Crippen molar-refractivity contribution in [1.82, 2.24) is 19.9 Å². The van der Waals surface area contributed by atoms with Crippen LogP contribution in [0.15, 0.2) is 6.33 Å². The molecule has 0 aromatic carbocycles. The van der Waals surface area contributed by atoms with E-state index in [1.807, 2.05) is 0 Å². The highest BCUT2D eigenvalue weighted by Gasteiger charge is 2.28. The molecule has 0 amide bonds. The van der Waals surface area contributed by atoms with Crippen LogP contribution in [0.5, 0.6) is 0 Å². The third-order valence-corrected chi connectivity index (χ3v) is 3.57. The second kappa shape index (κ2) is 5.03. The molecular formula is C7H12N4O4S. The summed E-state index contributed by atoms with van der Waals surface area (Å²) >= 11 is 0. The van der Waals surface area contributed by atoms with Crippen molar-refractivity contribution in [3.8, 4) is 0 Å². The second-order valence-corrected chi connectivity index (χ2v) is 5.05. The van der Waals surface area contributed by atoms with Gasteiger partial charge in [0.05, 0.1) is 13.7 Å². The Morgan fingerprint density at radius 2 is 2.38 bits per heavy atom. The normalized spacial score (nSPS) is 13.4. The minimum absolute atomic E-state index is 0.0519. The number of carbonyl (C=O) groups is 1. The fraction of sp³-hybridized carbons (Fsp3) is 0.571. The van der Waals surface area contributed by atoms with Gasteiger partial charge in [-0.25, -0.2) is 18.1 Å². The molecule has 9 heteroatoms. The summed E-state index contributed by atoms with van der Waals surface area (Å²) in [6.45, 7) is 1.19. The summed E-state index contributed by atoms with van der Waals surface area (Å²) in [6, 6.07) is 0. The van der Waals surface area contributed by atoms with E-state index in [0.29, 0.717) is 5.82 Å². The molecule has 1 rings (SSSR count). The number of hydrogen-bond donors (Lipinski definition) is 2. The van der Waals surface area contributed by atoms with E-state index in [1.165, 1.54) is 13.3 Å². The second-order valence-electron chi connectivity index (χ2n) is 2.96. The standard InChI is InChI=1S/C7H12N4O4S/c1-5(7(12)15-2)16(13,14)10-3-6-8-4-9-11-6/h4-5,10H,3H2,1-2H3,(H,8,9,11). The first kappa shape index (κ1) is 12.6. The summed E-state index contributed by atoms with van der Waals surface area (Å²) in [6.07, 6.45) is 1.26. The van der Waals surface area contributed by atoms with Crippen molar-refractivity contribution in [3.63, 3.8) is 0 Å². The van der Waals surface area contributed by atoms with E-state index >= 15 is 0 Å². The molecule has 16 heavy (non-hydrogen) atoms. The Balaban J connectivity index is 2.62. The molecule has 1 heterocycles. The Morgan fingerprint density at radius 1 is 1.69 bits per heavy atom. The molecule has 0 radical (unpaired) electrons. The Bertz CT molecular complexity index is 441. The van der Waals surface area contributed by atoms with Crippen LogP contribution < -0.4 is 4.72 Å². The largest absolute Gasteiger partial charge is 0.468 e. The van der Waals surface area contributed by atoms with Crippen LogP contribution in [-0.2, 0) is 26.1 Å². The van der Waals surface area contributed by atoms with E-state index in [2.05, 4.69) is 24.6 Å². The first-order valence-corrected chi connectivity index (χ1v) is 5.92. The highest BCUT2D eigenvalue weighted by Crippen LogP contribution is 2.01. The zero-order valence-electron chi connectivity index (χ0n) is 8.80. The van der Waals surface area contributed by atoms with Gasteiger partial charge in [-0.1, -0.05) is 0 Å². The maximum Gasteiger partial charge on any atom is 0.325 e. The number of carbonyl (C=O) groups excluding carboxylic acids is 1. The van der Waals surface area contributed by atoms with E-state index in [-0.39, 0.29) is 6.54 Å². The molecule has 1 atom stereocenters. The highest BCUT2D eigenvalue weighted by atomic mass is 32.2. The number of rotatable bonds is 5. The lowest BCUT2D eigenvalue weighted by atomic mass is 10.5. The fourth-order valence-electron chi connectivity index (χ4n) is 0.903. The minimum Gasteiger partial charge on any atom is -0.468 e. The third-order valence-electron chi connectivity index (χ3n) is 1.90. The number of methoxy groups -OCH3 is 1. The zero-order valence-corrected chi connectivity index (χ0v) is 9.61. The van der Waals surface area contributed by atoms with Crippen molar-refractivity contribution >= 4 is 16.0 Å². The monoisotopic (exact) mass is 248 g/mol. The number of nitrogens with zero attached hydrogens (tertiary/aromatic N) is 2. The van der Waals surface area contributed by atoms with Crippen LogP contribution in [0.4, 0.5) is 0 Å². The van der Waals surface area contributed by atoms with Gasteiger partial charge in [0.2, 0.25) is 10.0 Å². The van der Waals surface area contributed by atoms with E-state index in [1.54, 1.807) is 0 Å². The van der Waals surface area contributed by atoms with Gasteiger partial charge in [-0.2, -0.15) is 5.10 Å². The molecule has 2 N–H and O–H groups in total. The summed E-state index contributed by atoms with van der Waals surface area (Å²) in [7, 11) is -2.63. The number of H-pyrrole nitrogens is 1. The number of esters is 1. The molecule has 8 nitrogen and oxygen atoms in total. The van der Waals surface area contributed by atoms with Crippen molar-refractivity contribution in [2.45, 2.75) is 18.7 Å². The number of ether oxygens (including phenoxy) is 1. The topological polar surface area (TPSA) is 114 Å². The van der Waals surface area contributed by atoms with E-state index in [4.69, 9.17) is 0 Å². The minimum atomic E-state index is -3.76. The lowest BCUT2D eigenvalue weighted by molar-refractivity contribution is -0.139. The van der Waals surface area contributed by atoms with Crippen molar-refractivity contribution in [2.75, 3.05) is 7.11 Å². The van der Waals surface area contributed by atoms with Crippen LogP contribution in [0, 0.1) is 0 Å². The van der Waals surface area contributed by atoms with Crippen LogP contribution in [0.1, 0.15) is 12.7 Å². The zero-order chi connectivity index (χ0) is 12.2. The molecule has 0 aliphatic rings. The van der Waals surface area contributed by atoms with Gasteiger partial charge in [0.1, 0.15) is 12.2 Å². The predicted molar refractivity (Wildman–Crippen MR) is 53.6 cm³/mol. The third kappa shape index (κ3) is 3.00. The van der Waals surface area contributed by atoms with Crippen molar-refractivity contribution in [1.29, 1.82) is 0 Å². The summed E-state index contributed by atoms with van der Waals surface area (Å²) in [4.78, 5) is 14.8. The number of nitrogens with one attached hydrogen (secondary N) is 2. The highest BCUT2D eigenvalue weighted by molar-refractivity contribution is 7.90. The van der Waals surface area contributed by atoms with Crippen molar-refractivity contribution < 1.29 is 17.9 Å². The fourth-order valence-corrected chi connectivity index (χ4v) is 1.84. The number of aromatic amines is 1. The Kier molecular flexibility index (Phi) is 3.96. The first-order chi connectivity index (χ1) is 7.47. The maximum atomic E-state index is 11.6. The van der Waals surface area contributed by atoms with Gasteiger partial charge in [-0.3, -0.25) is 9.89 Å². The number of aromatic nitrogens is 3. The Morgan fingerprint density at radius 3 is 2.88 bits per heavy atom. The molecule has 0 bridgehead atoms. The molecule has 1 unspecified atom stereocenters. The van der Waals surface area contributed by atoms with Crippen molar-refractivity contribution in [2.24, 2.45) is 0 Å². The Labute approximate surface area is 92.5 Å². The summed E-state index contributed by atoms with van der Waals surface area (Å²) < 4.78 is 29.7. The summed E-state index contributed by atoms with van der Waals surface area (Å²) in [5.41, 5.74) is 0. The molecule has 0 saturated carbocycles. The SMILES string of the molecule is COC(=O)C(C)S(=O)(=O)NCc1ncn[nH]1. The van der Waals surface area contributed by atoms with Crippen molar-refractivity contribution in [3.05, 3.63) is 12.2 Å². The van der Waals surface area contributed by atoms with E-state index < -0.39 is 21.2 Å². The number of sulfonamides is 1. The summed E-state index contributed by atoms with van der Waals surface area (Å²) in [5, 5.41) is 4.78. The van der Waals surface area contributed by atoms with E-state index in [9.17, 15) is 13.2 Å². The molecule has 1 aromatic heterocycles. The van der Waals surface area contributed by atoms with Gasteiger partial charge in [0.25, 0.3) is 0 Å². The average molecular weight is 248 g/mol. The molecule has 0 aliphatic carbocycles. The van der Waals surface area contributed by atoms with Crippen LogP contribution in [0.25, 0.3) is 0 Å². The van der Waals surface area contributed by atoms with Crippen LogP contribution in [-0.4, -0.2) is 41.9 Å². The molecule has 90 valence electrons. The van der Waals surface area contributed by atoms with Gasteiger partial charge in [-0.15, -0.1) is 0 Å². The molecular weight excluding hydrogens is 236 g/mol. The van der Waals surface area contributed by atoms with Gasteiger partial charge >= 0.3 is 5.97 Å². The Hall–Kier alpha value is -1.48. The molecule has 0 saturated heterocycles. The van der Waals surface area contributed by atoms with Crippen LogP contribution in [0.2, 0.25) is 0 Å². The average Bonchev–Trinajstić information content (AvgIpc) is 2.77. The quantitative estimate of drug-likeness (QED) is 0.632. The van der Waals surface area contributed by atoms with Crippen LogP contribution >= 0.6 is 0 Å². The van der Waals surface area contributed by atoms with E-state index in [0.717, 1.165) is 7.11 Å². The van der Waals surface area contributed by atoms with Gasteiger partial charge in [-0.05, 0) is 6.92 Å². The van der Waals surface area contributed by atoms with Gasteiger partial charge in [0.15, 0.2) is 5.25 Å². The first-order valence-electron chi connectivity index (χ1n) is 4.38. The number of hydrogen-bond acceptors (Lipinski definition) is 6. The van der Waals surface area contributed by atoms with Crippen LogP contribution in [0.3, 0.4) is 0 Å². The summed E-state index contributed by atoms with van der Waals surface area (Å²) in [5.74, 6) is -0.453.